The molecule has 0 aliphatic rings. The molecule has 0 aromatic carbocycles. The van der Waals surface area contributed by atoms with Gasteiger partial charge in [0.1, 0.15) is 0 Å². The van der Waals surface area contributed by atoms with Crippen LogP contribution in [0.4, 0.5) is 0 Å². The van der Waals surface area contributed by atoms with Crippen molar-refractivity contribution in [2.24, 2.45) is 0 Å². The molecule has 0 saturated carbocycles. The average molecular weight is 155 g/mol. The average Bonchev–Trinajstić information content (AvgIpc) is 2.08. The van der Waals surface area contributed by atoms with Crippen LogP contribution in [-0.2, 0) is 9.53 Å². The van der Waals surface area contributed by atoms with Gasteiger partial charge in [0.15, 0.2) is 0 Å². The van der Waals surface area contributed by atoms with Gasteiger partial charge < -0.3 is 4.74 Å². The van der Waals surface area contributed by atoms with Crippen LogP contribution in [0.25, 0.3) is 0 Å². The van der Waals surface area contributed by atoms with Crippen molar-refractivity contribution in [3.8, 4) is 6.57 Å². The van der Waals surface area contributed by atoms with Crippen LogP contribution in [0.3, 0.4) is 0 Å². The number of carbonyl (C=O) groups excluding carboxylic acids is 1. The third-order valence-corrected chi connectivity index (χ3v) is 0.909. The van der Waals surface area contributed by atoms with Crippen LogP contribution in [0.5, 0.6) is 0 Å². The summed E-state index contributed by atoms with van der Waals surface area (Å²) in [5.74, 6) is -0.330. The number of nitrogens with zero attached hydrogens (tertiary/aromatic N) is 1. The number of carbonyl (C=O) groups is 1. The molecule has 3 heteroatoms. The number of esters is 1. The highest BCUT2D eigenvalue weighted by molar-refractivity contribution is 5.81. The van der Waals surface area contributed by atoms with E-state index in [4.69, 9.17) is 5.26 Å². The zero-order valence-corrected chi connectivity index (χ0v) is 6.75. The minimum Gasteiger partial charge on any atom is -0.463 e. The maximum absolute atomic E-state index is 10.3. The van der Waals surface area contributed by atoms with Gasteiger partial charge >= 0.3 is 5.97 Å². The monoisotopic (exact) mass is 155 g/mol. The second kappa shape index (κ2) is 11.5. The molecular formula is C8H13NO2. The van der Waals surface area contributed by atoms with Crippen molar-refractivity contribution in [1.29, 1.82) is 5.26 Å². The largest absolute Gasteiger partial charge is 0.463 e. The van der Waals surface area contributed by atoms with E-state index in [0.29, 0.717) is 6.61 Å². The Morgan fingerprint density at radius 1 is 1.73 bits per heavy atom. The van der Waals surface area contributed by atoms with E-state index < -0.39 is 0 Å². The predicted molar refractivity (Wildman–Crippen MR) is 42.7 cm³/mol. The van der Waals surface area contributed by atoms with Crippen molar-refractivity contribution in [3.63, 3.8) is 0 Å². The number of hydrogen-bond acceptors (Lipinski definition) is 3. The van der Waals surface area contributed by atoms with Gasteiger partial charge in [-0.25, -0.2) is 10.1 Å². The summed E-state index contributed by atoms with van der Waals surface area (Å²) >= 11 is 0. The summed E-state index contributed by atoms with van der Waals surface area (Å²) in [5, 5.41) is 6.50. The molecule has 0 spiro atoms. The van der Waals surface area contributed by atoms with Crippen molar-refractivity contribution >= 4 is 5.97 Å². The number of rotatable bonds is 4. The first-order valence-corrected chi connectivity index (χ1v) is 3.36. The lowest BCUT2D eigenvalue weighted by molar-refractivity contribution is -0.137. The van der Waals surface area contributed by atoms with E-state index in [9.17, 15) is 4.79 Å². The highest BCUT2D eigenvalue weighted by Gasteiger charge is 1.91. The van der Waals surface area contributed by atoms with E-state index >= 15 is 0 Å². The minimum absolute atomic E-state index is 0.330. The Hall–Kier alpha value is -1.30. The standard InChI is InChI=1S/C7H12O2.CHN/c1-3-5-6-9-7(8)4-2;1-2/h4H,2-3,5-6H2,1H3;1H. The van der Waals surface area contributed by atoms with E-state index in [0.717, 1.165) is 12.8 Å². The van der Waals surface area contributed by atoms with Crippen LogP contribution in [0.15, 0.2) is 12.7 Å². The van der Waals surface area contributed by atoms with Gasteiger partial charge in [-0.15, -0.1) is 0 Å². The maximum atomic E-state index is 10.3. The molecule has 11 heavy (non-hydrogen) atoms. The highest BCUT2D eigenvalue weighted by Crippen LogP contribution is 1.88. The van der Waals surface area contributed by atoms with Gasteiger partial charge in [-0.1, -0.05) is 19.9 Å². The molecule has 3 nitrogen and oxygen atoms in total. The molecule has 0 unspecified atom stereocenters. The highest BCUT2D eigenvalue weighted by atomic mass is 16.5. The lowest BCUT2D eigenvalue weighted by Crippen LogP contribution is -2.00. The van der Waals surface area contributed by atoms with Crippen molar-refractivity contribution in [1.82, 2.24) is 0 Å². The molecule has 0 saturated heterocycles. The van der Waals surface area contributed by atoms with Gasteiger partial charge in [-0.3, -0.25) is 0 Å². The molecule has 62 valence electrons. The van der Waals surface area contributed by atoms with Crippen molar-refractivity contribution in [2.75, 3.05) is 6.61 Å². The summed E-state index contributed by atoms with van der Waals surface area (Å²) in [6, 6.07) is 0. The van der Waals surface area contributed by atoms with Gasteiger partial charge in [0.25, 0.3) is 0 Å². The number of hydrogen-bond donors (Lipinski definition) is 0. The Balaban J connectivity index is 0. The molecule has 0 amide bonds. The zero-order valence-electron chi connectivity index (χ0n) is 6.75. The fraction of sp³-hybridized carbons (Fsp3) is 0.500. The van der Waals surface area contributed by atoms with Crippen LogP contribution in [0.2, 0.25) is 0 Å². The van der Waals surface area contributed by atoms with Gasteiger partial charge in [-0.2, -0.15) is 0 Å². The molecule has 0 heterocycles. The first-order chi connectivity index (χ1) is 5.31. The normalized spacial score (nSPS) is 7.18. The molecular weight excluding hydrogens is 142 g/mol. The summed E-state index contributed by atoms with van der Waals surface area (Å²) in [6.45, 7) is 9.32. The summed E-state index contributed by atoms with van der Waals surface area (Å²) in [5.41, 5.74) is 0. The smallest absolute Gasteiger partial charge is 0.330 e. The van der Waals surface area contributed by atoms with E-state index in [1.807, 2.05) is 6.92 Å². The van der Waals surface area contributed by atoms with Crippen molar-refractivity contribution < 1.29 is 9.53 Å². The Kier molecular flexibility index (Phi) is 12.9. The Labute approximate surface area is 67.3 Å². The lowest BCUT2D eigenvalue weighted by Gasteiger charge is -1.97. The first kappa shape index (κ1) is 12.4. The van der Waals surface area contributed by atoms with Crippen molar-refractivity contribution in [2.45, 2.75) is 19.8 Å². The van der Waals surface area contributed by atoms with Crippen molar-refractivity contribution in [3.05, 3.63) is 12.7 Å². The molecule has 0 N–H and O–H groups in total. The minimum atomic E-state index is -0.330. The topological polar surface area (TPSA) is 50.1 Å². The molecule has 0 radical (unpaired) electrons. The molecule has 0 fully saturated rings. The number of ether oxygens (including phenoxy) is 1. The molecule has 0 aliphatic carbocycles. The van der Waals surface area contributed by atoms with Gasteiger partial charge in [0.2, 0.25) is 0 Å². The molecule has 0 aromatic rings. The second-order valence-corrected chi connectivity index (χ2v) is 1.73. The quantitative estimate of drug-likeness (QED) is 0.352. The summed E-state index contributed by atoms with van der Waals surface area (Å²) in [6.07, 6.45) is 3.15. The van der Waals surface area contributed by atoms with E-state index in [1.54, 1.807) is 0 Å². The third kappa shape index (κ3) is 12.0. The Bertz CT molecular complexity index is 129. The summed E-state index contributed by atoms with van der Waals surface area (Å²) in [7, 11) is 0. The van der Waals surface area contributed by atoms with Crippen LogP contribution in [0.1, 0.15) is 19.8 Å². The fourth-order valence-corrected chi connectivity index (χ4v) is 0.376. The van der Waals surface area contributed by atoms with E-state index in [2.05, 4.69) is 17.9 Å². The number of nitriles is 1. The zero-order chi connectivity index (χ0) is 9.11. The molecule has 0 rings (SSSR count). The molecule has 0 aliphatic heterocycles. The van der Waals surface area contributed by atoms with Crippen LogP contribution in [0, 0.1) is 11.8 Å². The van der Waals surface area contributed by atoms with Gasteiger partial charge in [0.05, 0.1) is 6.61 Å². The Morgan fingerprint density at radius 3 is 2.64 bits per heavy atom. The number of unbranched alkanes of at least 4 members (excludes halogenated alkanes) is 1. The molecule has 0 bridgehead atoms. The lowest BCUT2D eigenvalue weighted by atomic mass is 10.4. The fourth-order valence-electron chi connectivity index (χ4n) is 0.376. The molecule has 0 atom stereocenters. The van der Waals surface area contributed by atoms with E-state index in [-0.39, 0.29) is 5.97 Å². The van der Waals surface area contributed by atoms with E-state index in [1.165, 1.54) is 6.08 Å². The SMILES string of the molecule is C#N.C=CC(=O)OCCCC. The summed E-state index contributed by atoms with van der Waals surface area (Å²) in [4.78, 5) is 10.3. The second-order valence-electron chi connectivity index (χ2n) is 1.73. The van der Waals surface area contributed by atoms with Crippen LogP contribution >= 0.6 is 0 Å². The van der Waals surface area contributed by atoms with Crippen LogP contribution in [-0.4, -0.2) is 12.6 Å². The summed E-state index contributed by atoms with van der Waals surface area (Å²) < 4.78 is 4.67. The molecule has 0 aromatic heterocycles. The Morgan fingerprint density at radius 2 is 2.27 bits per heavy atom. The predicted octanol–water partition coefficient (Wildman–Crippen LogP) is 1.66. The van der Waals surface area contributed by atoms with Crippen LogP contribution < -0.4 is 0 Å². The van der Waals surface area contributed by atoms with Gasteiger partial charge in [0, 0.05) is 12.6 Å². The third-order valence-electron chi connectivity index (χ3n) is 0.909. The maximum Gasteiger partial charge on any atom is 0.330 e. The first-order valence-electron chi connectivity index (χ1n) is 3.36. The van der Waals surface area contributed by atoms with Gasteiger partial charge in [-0.05, 0) is 6.42 Å².